The smallest absolute Gasteiger partial charge is 0.194 e. The molecule has 0 bridgehead atoms. The molecule has 0 amide bonds. The highest BCUT2D eigenvalue weighted by atomic mass is 127. The summed E-state index contributed by atoms with van der Waals surface area (Å²) in [5.41, 5.74) is 0. The van der Waals surface area contributed by atoms with Gasteiger partial charge in [-0.3, -0.25) is 4.99 Å². The van der Waals surface area contributed by atoms with Crippen LogP contribution in [0.25, 0.3) is 0 Å². The van der Waals surface area contributed by atoms with Crippen molar-refractivity contribution in [2.24, 2.45) is 10.9 Å². The van der Waals surface area contributed by atoms with Crippen LogP contribution in [-0.4, -0.2) is 61.1 Å². The Labute approximate surface area is 146 Å². The summed E-state index contributed by atoms with van der Waals surface area (Å²) in [6.45, 7) is 9.38. The third-order valence-corrected chi connectivity index (χ3v) is 5.05. The van der Waals surface area contributed by atoms with Crippen LogP contribution in [-0.2, 0) is 0 Å². The molecule has 0 radical (unpaired) electrons. The molecule has 122 valence electrons. The van der Waals surface area contributed by atoms with Crippen molar-refractivity contribution >= 4 is 29.9 Å². The molecule has 1 unspecified atom stereocenters. The van der Waals surface area contributed by atoms with Crippen LogP contribution in [0, 0.1) is 5.92 Å². The molecule has 3 fully saturated rings. The summed E-state index contributed by atoms with van der Waals surface area (Å²) in [4.78, 5) is 9.87. The average molecular weight is 406 g/mol. The zero-order valence-corrected chi connectivity index (χ0v) is 15.7. The summed E-state index contributed by atoms with van der Waals surface area (Å²) < 4.78 is 0. The van der Waals surface area contributed by atoms with Gasteiger partial charge in [-0.2, -0.15) is 0 Å². The van der Waals surface area contributed by atoms with E-state index in [1.54, 1.807) is 0 Å². The molecule has 1 aliphatic carbocycles. The molecule has 1 atom stereocenters. The van der Waals surface area contributed by atoms with Gasteiger partial charge >= 0.3 is 0 Å². The van der Waals surface area contributed by atoms with Crippen LogP contribution in [0.5, 0.6) is 0 Å². The van der Waals surface area contributed by atoms with E-state index in [0.717, 1.165) is 12.5 Å². The second-order valence-electron chi connectivity index (χ2n) is 6.68. The summed E-state index contributed by atoms with van der Waals surface area (Å²) in [6.07, 6.45) is 8.19. The highest BCUT2D eigenvalue weighted by Crippen LogP contribution is 2.22. The molecule has 2 heterocycles. The molecular weight excluding hydrogens is 375 g/mol. The first-order valence-corrected chi connectivity index (χ1v) is 8.63. The fourth-order valence-electron chi connectivity index (χ4n) is 3.63. The lowest BCUT2D eigenvalue weighted by Crippen LogP contribution is -2.48. The van der Waals surface area contributed by atoms with E-state index < -0.39 is 0 Å². The zero-order valence-electron chi connectivity index (χ0n) is 13.4. The Kier molecular flexibility index (Phi) is 7.05. The molecule has 0 spiro atoms. The van der Waals surface area contributed by atoms with Crippen molar-refractivity contribution in [2.45, 2.75) is 51.5 Å². The van der Waals surface area contributed by atoms with E-state index in [0.29, 0.717) is 6.04 Å². The number of aliphatic imine (C=N–C) groups is 1. The van der Waals surface area contributed by atoms with Crippen LogP contribution >= 0.6 is 24.0 Å². The van der Waals surface area contributed by atoms with E-state index >= 15 is 0 Å². The van der Waals surface area contributed by atoms with Crippen LogP contribution in [0.15, 0.2) is 4.99 Å². The van der Waals surface area contributed by atoms with Gasteiger partial charge in [-0.15, -0.1) is 24.0 Å². The number of guanidine groups is 1. The van der Waals surface area contributed by atoms with Crippen molar-refractivity contribution < 1.29 is 0 Å². The van der Waals surface area contributed by atoms with Crippen molar-refractivity contribution in [2.75, 3.05) is 39.3 Å². The topological polar surface area (TPSA) is 30.9 Å². The molecule has 2 saturated heterocycles. The van der Waals surface area contributed by atoms with E-state index in [4.69, 9.17) is 4.99 Å². The maximum absolute atomic E-state index is 4.71. The van der Waals surface area contributed by atoms with Crippen molar-refractivity contribution in [1.29, 1.82) is 0 Å². The first kappa shape index (κ1) is 17.3. The number of nitrogens with zero attached hydrogens (tertiary/aromatic N) is 3. The van der Waals surface area contributed by atoms with E-state index in [1.807, 2.05) is 0 Å². The number of likely N-dealkylation sites (tertiary alicyclic amines) is 2. The summed E-state index contributed by atoms with van der Waals surface area (Å²) >= 11 is 0. The number of halogens is 1. The van der Waals surface area contributed by atoms with Crippen LogP contribution in [0.4, 0.5) is 0 Å². The molecule has 5 heteroatoms. The Bertz CT molecular complexity index is 337. The fourth-order valence-corrected chi connectivity index (χ4v) is 3.63. The van der Waals surface area contributed by atoms with Gasteiger partial charge in [-0.25, -0.2) is 0 Å². The minimum atomic E-state index is 0. The van der Waals surface area contributed by atoms with E-state index in [9.17, 15) is 0 Å². The predicted molar refractivity (Wildman–Crippen MR) is 99.5 cm³/mol. The maximum atomic E-state index is 4.71. The van der Waals surface area contributed by atoms with Gasteiger partial charge in [0, 0.05) is 32.2 Å². The lowest BCUT2D eigenvalue weighted by atomic mass is 9.93. The Morgan fingerprint density at radius 2 is 1.86 bits per heavy atom. The van der Waals surface area contributed by atoms with Gasteiger partial charge in [0.2, 0.25) is 0 Å². The standard InChI is InChI=1S/C16H30N4.HI/c1-2-17-16(18-15-6-5-7-15)20-11-8-14(13-20)12-19-9-3-4-10-19;/h14-15H,2-13H2,1H3,(H,17,18);1H. The number of hydrogen-bond acceptors (Lipinski definition) is 2. The van der Waals surface area contributed by atoms with Crippen molar-refractivity contribution in [1.82, 2.24) is 15.1 Å². The second kappa shape index (κ2) is 8.56. The van der Waals surface area contributed by atoms with Gasteiger partial charge in [0.05, 0.1) is 0 Å². The second-order valence-corrected chi connectivity index (χ2v) is 6.68. The Hall–Kier alpha value is -0.0400. The Morgan fingerprint density at radius 1 is 1.10 bits per heavy atom. The van der Waals surface area contributed by atoms with E-state index in [-0.39, 0.29) is 24.0 Å². The maximum Gasteiger partial charge on any atom is 0.194 e. The monoisotopic (exact) mass is 406 g/mol. The van der Waals surface area contributed by atoms with Gasteiger partial charge in [0.1, 0.15) is 0 Å². The molecule has 0 aromatic heterocycles. The molecule has 0 aromatic rings. The molecule has 3 rings (SSSR count). The van der Waals surface area contributed by atoms with Gasteiger partial charge in [0.25, 0.3) is 0 Å². The largest absolute Gasteiger partial charge is 0.354 e. The Balaban J connectivity index is 0.00000161. The highest BCUT2D eigenvalue weighted by molar-refractivity contribution is 14.0. The third kappa shape index (κ3) is 4.71. The summed E-state index contributed by atoms with van der Waals surface area (Å²) in [7, 11) is 0. The van der Waals surface area contributed by atoms with Crippen LogP contribution in [0.2, 0.25) is 0 Å². The predicted octanol–water partition coefficient (Wildman–Crippen LogP) is 2.54. The molecule has 4 nitrogen and oxygen atoms in total. The summed E-state index contributed by atoms with van der Waals surface area (Å²) in [5.74, 6) is 2.03. The number of hydrogen-bond donors (Lipinski definition) is 1. The Morgan fingerprint density at radius 3 is 2.48 bits per heavy atom. The minimum absolute atomic E-state index is 0. The van der Waals surface area contributed by atoms with Crippen LogP contribution in [0.1, 0.15) is 45.4 Å². The molecular formula is C16H31IN4. The SMILES string of the molecule is CCN=C(NC1CCC1)N1CCC(CN2CCCC2)C1.I. The van der Waals surface area contributed by atoms with Crippen LogP contribution in [0.3, 0.4) is 0 Å². The number of rotatable bonds is 4. The van der Waals surface area contributed by atoms with Crippen molar-refractivity contribution in [3.05, 3.63) is 0 Å². The molecule has 2 aliphatic heterocycles. The quantitative estimate of drug-likeness (QED) is 0.442. The summed E-state index contributed by atoms with van der Waals surface area (Å²) in [5, 5.41) is 3.67. The first-order chi connectivity index (χ1) is 9.85. The van der Waals surface area contributed by atoms with E-state index in [2.05, 4.69) is 22.0 Å². The molecule has 1 N–H and O–H groups in total. The lowest BCUT2D eigenvalue weighted by molar-refractivity contribution is 0.280. The minimum Gasteiger partial charge on any atom is -0.354 e. The number of nitrogens with one attached hydrogen (secondary N) is 1. The zero-order chi connectivity index (χ0) is 13.8. The van der Waals surface area contributed by atoms with Gasteiger partial charge in [-0.1, -0.05) is 0 Å². The van der Waals surface area contributed by atoms with E-state index in [1.165, 1.54) is 77.2 Å². The van der Waals surface area contributed by atoms with Crippen molar-refractivity contribution in [3.8, 4) is 0 Å². The normalized spacial score (nSPS) is 27.6. The lowest BCUT2D eigenvalue weighted by Gasteiger charge is -2.32. The molecule has 21 heavy (non-hydrogen) atoms. The van der Waals surface area contributed by atoms with Crippen LogP contribution < -0.4 is 5.32 Å². The summed E-state index contributed by atoms with van der Waals surface area (Å²) in [6, 6.07) is 0.693. The third-order valence-electron chi connectivity index (χ3n) is 5.05. The first-order valence-electron chi connectivity index (χ1n) is 8.63. The van der Waals surface area contributed by atoms with Gasteiger partial charge < -0.3 is 15.1 Å². The average Bonchev–Trinajstić information content (AvgIpc) is 3.04. The molecule has 3 aliphatic rings. The highest BCUT2D eigenvalue weighted by Gasteiger charge is 2.29. The molecule has 0 aromatic carbocycles. The fraction of sp³-hybridized carbons (Fsp3) is 0.938. The van der Waals surface area contributed by atoms with Gasteiger partial charge in [-0.05, 0) is 64.5 Å². The molecule has 1 saturated carbocycles. The van der Waals surface area contributed by atoms with Gasteiger partial charge in [0.15, 0.2) is 5.96 Å². The van der Waals surface area contributed by atoms with Crippen molar-refractivity contribution in [3.63, 3.8) is 0 Å².